The molecule has 2 aromatic carbocycles. The summed E-state index contributed by atoms with van der Waals surface area (Å²) in [6.07, 6.45) is 0. The first-order valence-electron chi connectivity index (χ1n) is 8.38. The second-order valence-corrected chi connectivity index (χ2v) is 6.89. The molecule has 0 radical (unpaired) electrons. The summed E-state index contributed by atoms with van der Waals surface area (Å²) in [4.78, 5) is 24.2. The van der Waals surface area contributed by atoms with Gasteiger partial charge in [-0.25, -0.2) is 0 Å². The topological polar surface area (TPSA) is 79.5 Å². The van der Waals surface area contributed by atoms with E-state index in [0.29, 0.717) is 17.1 Å². The highest BCUT2D eigenvalue weighted by Crippen LogP contribution is 2.23. The molecule has 6 heteroatoms. The monoisotopic (exact) mass is 355 g/mol. The van der Waals surface area contributed by atoms with Crippen LogP contribution >= 0.6 is 0 Å². The zero-order valence-electron chi connectivity index (χ0n) is 15.6. The van der Waals surface area contributed by atoms with Gasteiger partial charge < -0.3 is 20.7 Å². The van der Waals surface area contributed by atoms with Crippen LogP contribution < -0.4 is 20.7 Å². The van der Waals surface area contributed by atoms with Crippen LogP contribution in [-0.4, -0.2) is 25.5 Å². The molecule has 26 heavy (non-hydrogen) atoms. The summed E-state index contributed by atoms with van der Waals surface area (Å²) in [6.45, 7) is 5.63. The maximum atomic E-state index is 12.2. The van der Waals surface area contributed by atoms with Crippen molar-refractivity contribution in [2.24, 2.45) is 5.41 Å². The van der Waals surface area contributed by atoms with E-state index in [1.807, 2.05) is 45.0 Å². The predicted molar refractivity (Wildman–Crippen MR) is 105 cm³/mol. The van der Waals surface area contributed by atoms with Crippen molar-refractivity contribution < 1.29 is 14.3 Å². The van der Waals surface area contributed by atoms with E-state index in [1.54, 1.807) is 31.4 Å². The molecule has 0 aliphatic rings. The van der Waals surface area contributed by atoms with Crippen LogP contribution in [-0.2, 0) is 9.59 Å². The van der Waals surface area contributed by atoms with Gasteiger partial charge in [0.2, 0.25) is 11.8 Å². The molecule has 0 spiro atoms. The second kappa shape index (κ2) is 8.38. The standard InChI is InChI=1S/C20H25N3O3/c1-20(2,3)19(25)23-15-9-7-8-14(12-15)22-18(24)13-21-16-10-5-6-11-17(16)26-4/h5-12,21H,13H2,1-4H3,(H,22,24)(H,23,25). The summed E-state index contributed by atoms with van der Waals surface area (Å²) in [6, 6.07) is 14.5. The summed E-state index contributed by atoms with van der Waals surface area (Å²) in [5.74, 6) is 0.390. The SMILES string of the molecule is COc1ccccc1NCC(=O)Nc1cccc(NC(=O)C(C)(C)C)c1. The van der Waals surface area contributed by atoms with Gasteiger partial charge in [0.15, 0.2) is 0 Å². The molecule has 0 unspecified atom stereocenters. The van der Waals surface area contributed by atoms with E-state index in [4.69, 9.17) is 4.74 Å². The van der Waals surface area contributed by atoms with Crippen LogP contribution in [0.1, 0.15) is 20.8 Å². The Labute approximate surface area is 153 Å². The van der Waals surface area contributed by atoms with E-state index in [1.165, 1.54) is 0 Å². The third-order valence-electron chi connectivity index (χ3n) is 3.63. The molecule has 3 N–H and O–H groups in total. The van der Waals surface area contributed by atoms with E-state index in [2.05, 4.69) is 16.0 Å². The van der Waals surface area contributed by atoms with Crippen LogP contribution in [0.5, 0.6) is 5.75 Å². The smallest absolute Gasteiger partial charge is 0.243 e. The highest BCUT2D eigenvalue weighted by molar-refractivity contribution is 5.97. The van der Waals surface area contributed by atoms with Gasteiger partial charge >= 0.3 is 0 Å². The Morgan fingerprint density at radius 2 is 1.62 bits per heavy atom. The highest BCUT2D eigenvalue weighted by Gasteiger charge is 2.21. The molecule has 138 valence electrons. The third kappa shape index (κ3) is 5.51. The first-order valence-corrected chi connectivity index (χ1v) is 8.38. The largest absolute Gasteiger partial charge is 0.495 e. The first kappa shape index (κ1) is 19.3. The van der Waals surface area contributed by atoms with Crippen LogP contribution in [0, 0.1) is 5.41 Å². The number of carbonyl (C=O) groups is 2. The summed E-state index contributed by atoms with van der Waals surface area (Å²) < 4.78 is 5.24. The molecule has 0 aliphatic carbocycles. The van der Waals surface area contributed by atoms with Gasteiger partial charge in [-0.1, -0.05) is 39.0 Å². The Balaban J connectivity index is 1.95. The fraction of sp³-hybridized carbons (Fsp3) is 0.300. The highest BCUT2D eigenvalue weighted by atomic mass is 16.5. The van der Waals surface area contributed by atoms with Crippen LogP contribution in [0.25, 0.3) is 0 Å². The number of rotatable bonds is 6. The Hall–Kier alpha value is -3.02. The number of para-hydroxylation sites is 2. The number of hydrogen-bond donors (Lipinski definition) is 3. The van der Waals surface area contributed by atoms with Crippen molar-refractivity contribution in [3.05, 3.63) is 48.5 Å². The normalized spacial score (nSPS) is 10.8. The van der Waals surface area contributed by atoms with Gasteiger partial charge in [-0.15, -0.1) is 0 Å². The number of amides is 2. The fourth-order valence-electron chi connectivity index (χ4n) is 2.16. The minimum Gasteiger partial charge on any atom is -0.495 e. The zero-order chi connectivity index (χ0) is 19.2. The average Bonchev–Trinajstić information content (AvgIpc) is 2.59. The predicted octanol–water partition coefficient (Wildman–Crippen LogP) is 3.73. The molecule has 0 heterocycles. The molecule has 0 atom stereocenters. The molecule has 0 bridgehead atoms. The Bertz CT molecular complexity index is 782. The minimum atomic E-state index is -0.488. The molecule has 0 fully saturated rings. The molecule has 0 saturated heterocycles. The number of carbonyl (C=O) groups excluding carboxylic acids is 2. The van der Waals surface area contributed by atoms with Crippen molar-refractivity contribution in [2.75, 3.05) is 29.6 Å². The number of anilines is 3. The summed E-state index contributed by atoms with van der Waals surface area (Å²) in [5.41, 5.74) is 1.51. The van der Waals surface area contributed by atoms with Gasteiger partial charge in [-0.2, -0.15) is 0 Å². The van der Waals surface area contributed by atoms with Crippen LogP contribution in [0.4, 0.5) is 17.1 Å². The summed E-state index contributed by atoms with van der Waals surface area (Å²) in [7, 11) is 1.58. The van der Waals surface area contributed by atoms with Gasteiger partial charge in [0.1, 0.15) is 5.75 Å². The first-order chi connectivity index (χ1) is 12.3. The third-order valence-corrected chi connectivity index (χ3v) is 3.63. The van der Waals surface area contributed by atoms with Crippen molar-refractivity contribution in [1.29, 1.82) is 0 Å². The molecule has 0 aromatic heterocycles. The van der Waals surface area contributed by atoms with Crippen LogP contribution in [0.2, 0.25) is 0 Å². The fourth-order valence-corrected chi connectivity index (χ4v) is 2.16. The number of ether oxygens (including phenoxy) is 1. The van der Waals surface area contributed by atoms with E-state index >= 15 is 0 Å². The average molecular weight is 355 g/mol. The Kier molecular flexibility index (Phi) is 6.22. The van der Waals surface area contributed by atoms with Gasteiger partial charge in [0.25, 0.3) is 0 Å². The lowest BCUT2D eigenvalue weighted by atomic mass is 9.95. The molecule has 6 nitrogen and oxygen atoms in total. The Morgan fingerprint density at radius 3 is 2.27 bits per heavy atom. The quantitative estimate of drug-likeness (QED) is 0.738. The lowest BCUT2D eigenvalue weighted by molar-refractivity contribution is -0.123. The van der Waals surface area contributed by atoms with E-state index in [0.717, 1.165) is 5.69 Å². The van der Waals surface area contributed by atoms with Crippen molar-refractivity contribution in [2.45, 2.75) is 20.8 Å². The number of hydrogen-bond acceptors (Lipinski definition) is 4. The second-order valence-electron chi connectivity index (χ2n) is 6.89. The summed E-state index contributed by atoms with van der Waals surface area (Å²) in [5, 5.41) is 8.70. The van der Waals surface area contributed by atoms with Crippen LogP contribution in [0.15, 0.2) is 48.5 Å². The lowest BCUT2D eigenvalue weighted by Crippen LogP contribution is -2.27. The molecule has 0 aliphatic heterocycles. The molecule has 2 amide bonds. The van der Waals surface area contributed by atoms with Crippen molar-refractivity contribution in [3.63, 3.8) is 0 Å². The summed E-state index contributed by atoms with van der Waals surface area (Å²) >= 11 is 0. The number of benzene rings is 2. The van der Waals surface area contributed by atoms with Gasteiger partial charge in [0.05, 0.1) is 19.3 Å². The molecule has 2 aromatic rings. The lowest BCUT2D eigenvalue weighted by Gasteiger charge is -2.18. The maximum absolute atomic E-state index is 12.2. The molecule has 0 saturated carbocycles. The molecular weight excluding hydrogens is 330 g/mol. The van der Waals surface area contributed by atoms with Crippen molar-refractivity contribution in [1.82, 2.24) is 0 Å². The van der Waals surface area contributed by atoms with E-state index in [9.17, 15) is 9.59 Å². The van der Waals surface area contributed by atoms with Crippen molar-refractivity contribution in [3.8, 4) is 5.75 Å². The molecule has 2 rings (SSSR count). The minimum absolute atomic E-state index is 0.0844. The van der Waals surface area contributed by atoms with Gasteiger partial charge in [-0.3, -0.25) is 9.59 Å². The Morgan fingerprint density at radius 1 is 0.962 bits per heavy atom. The van der Waals surface area contributed by atoms with E-state index in [-0.39, 0.29) is 18.4 Å². The van der Waals surface area contributed by atoms with Gasteiger partial charge in [0, 0.05) is 16.8 Å². The number of methoxy groups -OCH3 is 1. The maximum Gasteiger partial charge on any atom is 0.243 e. The van der Waals surface area contributed by atoms with Gasteiger partial charge in [-0.05, 0) is 30.3 Å². The molecular formula is C20H25N3O3. The number of nitrogens with one attached hydrogen (secondary N) is 3. The van der Waals surface area contributed by atoms with Crippen LogP contribution in [0.3, 0.4) is 0 Å². The zero-order valence-corrected chi connectivity index (χ0v) is 15.6. The van der Waals surface area contributed by atoms with Crippen molar-refractivity contribution >= 4 is 28.9 Å². The van der Waals surface area contributed by atoms with E-state index < -0.39 is 5.41 Å².